The Morgan fingerprint density at radius 2 is 1.79 bits per heavy atom. The summed E-state index contributed by atoms with van der Waals surface area (Å²) in [6.45, 7) is 3.02. The first-order valence-electron chi connectivity index (χ1n) is 7.40. The van der Waals surface area contributed by atoms with Crippen LogP contribution in [0.15, 0.2) is 18.2 Å². The average Bonchev–Trinajstić information content (AvgIpc) is 2.83. The molecule has 0 bridgehead atoms. The van der Waals surface area contributed by atoms with Gasteiger partial charge in [-0.3, -0.25) is 0 Å². The van der Waals surface area contributed by atoms with Crippen LogP contribution in [0.3, 0.4) is 0 Å². The van der Waals surface area contributed by atoms with Gasteiger partial charge in [-0.25, -0.2) is 8.78 Å². The molecular formula is C16H21F2N. The van der Waals surface area contributed by atoms with Crippen LogP contribution < -0.4 is 5.32 Å². The molecular weight excluding hydrogens is 244 g/mol. The van der Waals surface area contributed by atoms with Crippen molar-refractivity contribution in [2.75, 3.05) is 6.54 Å². The Morgan fingerprint density at radius 1 is 1.16 bits per heavy atom. The molecule has 1 nitrogen and oxygen atoms in total. The predicted molar refractivity (Wildman–Crippen MR) is 71.7 cm³/mol. The topological polar surface area (TPSA) is 12.0 Å². The standard InChI is InChI=1S/C16H21F2N/c1-2-6-19-16(15-13-4-3-5-14(13)15)10-7-11(17)9-12(18)8-10/h7-9,13-16,19H,2-6H2,1H3. The molecule has 3 rings (SSSR count). The lowest BCUT2D eigenvalue weighted by atomic mass is 9.96. The van der Waals surface area contributed by atoms with Crippen molar-refractivity contribution in [2.24, 2.45) is 17.8 Å². The molecule has 2 fully saturated rings. The van der Waals surface area contributed by atoms with Crippen LogP contribution in [-0.2, 0) is 0 Å². The maximum absolute atomic E-state index is 13.4. The van der Waals surface area contributed by atoms with E-state index in [1.165, 1.54) is 31.4 Å². The molecule has 3 atom stereocenters. The van der Waals surface area contributed by atoms with E-state index in [0.717, 1.165) is 36.4 Å². The third kappa shape index (κ3) is 2.53. The fourth-order valence-electron chi connectivity index (χ4n) is 3.90. The zero-order valence-corrected chi connectivity index (χ0v) is 11.3. The van der Waals surface area contributed by atoms with Gasteiger partial charge in [-0.1, -0.05) is 13.3 Å². The zero-order chi connectivity index (χ0) is 13.4. The monoisotopic (exact) mass is 265 g/mol. The van der Waals surface area contributed by atoms with Gasteiger partial charge < -0.3 is 5.32 Å². The van der Waals surface area contributed by atoms with E-state index in [0.29, 0.717) is 5.92 Å². The van der Waals surface area contributed by atoms with Crippen molar-refractivity contribution >= 4 is 0 Å². The normalized spacial score (nSPS) is 30.2. The number of rotatable bonds is 5. The van der Waals surface area contributed by atoms with E-state index in [2.05, 4.69) is 12.2 Å². The Balaban J connectivity index is 1.82. The number of nitrogens with one attached hydrogen (secondary N) is 1. The summed E-state index contributed by atoms with van der Waals surface area (Å²) >= 11 is 0. The first kappa shape index (κ1) is 13.0. The molecule has 1 N–H and O–H groups in total. The van der Waals surface area contributed by atoms with Crippen LogP contribution in [0.2, 0.25) is 0 Å². The molecule has 2 saturated carbocycles. The fourth-order valence-corrected chi connectivity index (χ4v) is 3.90. The Morgan fingerprint density at radius 3 is 2.37 bits per heavy atom. The van der Waals surface area contributed by atoms with Gasteiger partial charge >= 0.3 is 0 Å². The number of halogens is 2. The van der Waals surface area contributed by atoms with E-state index in [4.69, 9.17) is 0 Å². The SMILES string of the molecule is CCCNC(c1cc(F)cc(F)c1)C1C2CCCC21. The van der Waals surface area contributed by atoms with Gasteiger partial charge in [0, 0.05) is 12.1 Å². The lowest BCUT2D eigenvalue weighted by Gasteiger charge is -2.21. The fraction of sp³-hybridized carbons (Fsp3) is 0.625. The van der Waals surface area contributed by atoms with Crippen molar-refractivity contribution in [3.8, 4) is 0 Å². The van der Waals surface area contributed by atoms with Crippen molar-refractivity contribution in [2.45, 2.75) is 38.6 Å². The Bertz CT molecular complexity index is 430. The lowest BCUT2D eigenvalue weighted by Crippen LogP contribution is -2.25. The summed E-state index contributed by atoms with van der Waals surface area (Å²) in [6, 6.07) is 4.06. The Kier molecular flexibility index (Phi) is 3.57. The molecule has 3 heteroatoms. The van der Waals surface area contributed by atoms with E-state index in [1.807, 2.05) is 0 Å². The lowest BCUT2D eigenvalue weighted by molar-refractivity contribution is 0.414. The molecule has 2 aliphatic rings. The summed E-state index contributed by atoms with van der Waals surface area (Å²) in [5, 5.41) is 3.50. The maximum Gasteiger partial charge on any atom is 0.126 e. The minimum Gasteiger partial charge on any atom is -0.310 e. The molecule has 0 aliphatic heterocycles. The molecule has 0 amide bonds. The predicted octanol–water partition coefficient (Wildman–Crippen LogP) is 4.05. The van der Waals surface area contributed by atoms with Gasteiger partial charge in [0.05, 0.1) is 0 Å². The van der Waals surface area contributed by atoms with Crippen LogP contribution in [0.5, 0.6) is 0 Å². The summed E-state index contributed by atoms with van der Waals surface area (Å²) in [5.41, 5.74) is 0.783. The number of benzene rings is 1. The van der Waals surface area contributed by atoms with Crippen LogP contribution in [0.4, 0.5) is 8.78 Å². The van der Waals surface area contributed by atoms with Gasteiger partial charge in [0.15, 0.2) is 0 Å². The summed E-state index contributed by atoms with van der Waals surface area (Å²) in [5.74, 6) is 1.20. The van der Waals surface area contributed by atoms with E-state index >= 15 is 0 Å². The molecule has 0 spiro atoms. The average molecular weight is 265 g/mol. The molecule has 0 saturated heterocycles. The van der Waals surface area contributed by atoms with Gasteiger partial charge in [0.25, 0.3) is 0 Å². The first-order chi connectivity index (χ1) is 9.20. The smallest absolute Gasteiger partial charge is 0.126 e. The molecule has 1 aromatic carbocycles. The Hall–Kier alpha value is -0.960. The molecule has 0 heterocycles. The second-order valence-electron chi connectivity index (χ2n) is 5.97. The molecule has 0 aromatic heterocycles. The van der Waals surface area contributed by atoms with E-state index in [-0.39, 0.29) is 6.04 Å². The van der Waals surface area contributed by atoms with Gasteiger partial charge in [0.2, 0.25) is 0 Å². The molecule has 2 aliphatic carbocycles. The maximum atomic E-state index is 13.4. The van der Waals surface area contributed by atoms with Gasteiger partial charge in [-0.05, 0) is 61.3 Å². The van der Waals surface area contributed by atoms with Crippen molar-refractivity contribution in [1.29, 1.82) is 0 Å². The van der Waals surface area contributed by atoms with E-state index in [1.54, 1.807) is 0 Å². The number of fused-ring (bicyclic) bond motifs is 1. The van der Waals surface area contributed by atoms with E-state index in [9.17, 15) is 8.78 Å². The first-order valence-corrected chi connectivity index (χ1v) is 7.40. The van der Waals surface area contributed by atoms with Gasteiger partial charge in [-0.2, -0.15) is 0 Å². The van der Waals surface area contributed by atoms with E-state index < -0.39 is 11.6 Å². The number of hydrogen-bond acceptors (Lipinski definition) is 1. The zero-order valence-electron chi connectivity index (χ0n) is 11.3. The molecule has 104 valence electrons. The van der Waals surface area contributed by atoms with Crippen LogP contribution in [0.25, 0.3) is 0 Å². The summed E-state index contributed by atoms with van der Waals surface area (Å²) in [4.78, 5) is 0. The minimum atomic E-state index is -0.468. The van der Waals surface area contributed by atoms with Crippen LogP contribution in [-0.4, -0.2) is 6.54 Å². The molecule has 19 heavy (non-hydrogen) atoms. The summed E-state index contributed by atoms with van der Waals surface area (Å²) in [6.07, 6.45) is 4.94. The highest BCUT2D eigenvalue weighted by Crippen LogP contribution is 2.62. The van der Waals surface area contributed by atoms with Crippen LogP contribution >= 0.6 is 0 Å². The third-order valence-corrected chi connectivity index (χ3v) is 4.72. The third-order valence-electron chi connectivity index (χ3n) is 4.72. The molecule has 1 aromatic rings. The highest BCUT2D eigenvalue weighted by atomic mass is 19.1. The largest absolute Gasteiger partial charge is 0.310 e. The summed E-state index contributed by atoms with van der Waals surface area (Å²) < 4.78 is 26.8. The van der Waals surface area contributed by atoms with Crippen molar-refractivity contribution in [1.82, 2.24) is 5.32 Å². The van der Waals surface area contributed by atoms with Gasteiger partial charge in [-0.15, -0.1) is 0 Å². The van der Waals surface area contributed by atoms with Crippen LogP contribution in [0.1, 0.15) is 44.2 Å². The van der Waals surface area contributed by atoms with Crippen molar-refractivity contribution in [3.05, 3.63) is 35.4 Å². The number of hydrogen-bond donors (Lipinski definition) is 1. The second-order valence-corrected chi connectivity index (χ2v) is 5.97. The van der Waals surface area contributed by atoms with Crippen LogP contribution in [0, 0.1) is 29.4 Å². The summed E-state index contributed by atoms with van der Waals surface area (Å²) in [7, 11) is 0. The second kappa shape index (κ2) is 5.20. The highest BCUT2D eigenvalue weighted by Gasteiger charge is 2.55. The molecule has 3 unspecified atom stereocenters. The highest BCUT2D eigenvalue weighted by molar-refractivity contribution is 5.25. The van der Waals surface area contributed by atoms with Gasteiger partial charge in [0.1, 0.15) is 11.6 Å². The van der Waals surface area contributed by atoms with Crippen molar-refractivity contribution in [3.63, 3.8) is 0 Å². The van der Waals surface area contributed by atoms with Crippen molar-refractivity contribution < 1.29 is 8.78 Å². The molecule has 0 radical (unpaired) electrons. The minimum absolute atomic E-state index is 0.125. The Labute approximate surface area is 113 Å². The quantitative estimate of drug-likeness (QED) is 0.847.